The zero-order valence-corrected chi connectivity index (χ0v) is 11.6. The Bertz CT molecular complexity index is 568. The van der Waals surface area contributed by atoms with Gasteiger partial charge in [0.25, 0.3) is 5.69 Å². The van der Waals surface area contributed by atoms with E-state index < -0.39 is 14.9 Å². The van der Waals surface area contributed by atoms with E-state index in [2.05, 4.69) is 6.58 Å². The lowest BCUT2D eigenvalue weighted by Crippen LogP contribution is -2.34. The van der Waals surface area contributed by atoms with Crippen LogP contribution in [0.3, 0.4) is 0 Å². The summed E-state index contributed by atoms with van der Waals surface area (Å²) < 4.78 is 25.4. The summed E-state index contributed by atoms with van der Waals surface area (Å²) in [6, 6.07) is 5.32. The van der Waals surface area contributed by atoms with Crippen LogP contribution in [-0.4, -0.2) is 42.4 Å². The van der Waals surface area contributed by atoms with Gasteiger partial charge in [-0.05, 0) is 5.56 Å². The van der Waals surface area contributed by atoms with Gasteiger partial charge in [-0.3, -0.25) is 10.1 Å². The number of non-ortho nitro benzene ring substituents is 1. The normalized spacial score (nSPS) is 11.5. The summed E-state index contributed by atoms with van der Waals surface area (Å²) in [5.41, 5.74) is 0.354. The Hall–Kier alpha value is -1.77. The fourth-order valence-corrected chi connectivity index (χ4v) is 3.10. The van der Waals surface area contributed by atoms with Crippen molar-refractivity contribution in [3.05, 3.63) is 52.6 Å². The summed E-state index contributed by atoms with van der Waals surface area (Å²) >= 11 is 0. The van der Waals surface area contributed by atoms with E-state index >= 15 is 0 Å². The van der Waals surface area contributed by atoms with Gasteiger partial charge in [0, 0.05) is 25.2 Å². The average molecular weight is 300 g/mol. The minimum atomic E-state index is -3.60. The summed E-state index contributed by atoms with van der Waals surface area (Å²) in [5, 5.41) is 19.4. The van der Waals surface area contributed by atoms with E-state index in [-0.39, 0.29) is 31.1 Å². The van der Waals surface area contributed by atoms with Crippen LogP contribution in [0, 0.1) is 10.1 Å². The fraction of sp³-hybridized carbons (Fsp3) is 0.333. The van der Waals surface area contributed by atoms with E-state index in [1.54, 1.807) is 0 Å². The van der Waals surface area contributed by atoms with Gasteiger partial charge in [0.15, 0.2) is 0 Å². The topological polar surface area (TPSA) is 101 Å². The first-order chi connectivity index (χ1) is 9.40. The molecule has 0 aliphatic heterocycles. The molecule has 0 spiro atoms. The highest BCUT2D eigenvalue weighted by atomic mass is 32.2. The van der Waals surface area contributed by atoms with Crippen molar-refractivity contribution in [2.75, 3.05) is 19.7 Å². The molecule has 8 heteroatoms. The molecule has 0 saturated heterocycles. The van der Waals surface area contributed by atoms with E-state index in [0.717, 1.165) is 4.31 Å². The molecule has 0 unspecified atom stereocenters. The molecular weight excluding hydrogens is 284 g/mol. The SMILES string of the molecule is C=CCN(CCO)S(=O)(=O)Cc1ccc([N+](=O)[O-])cc1. The zero-order chi connectivity index (χ0) is 15.2. The van der Waals surface area contributed by atoms with Gasteiger partial charge in [-0.1, -0.05) is 18.2 Å². The molecule has 0 heterocycles. The highest BCUT2D eigenvalue weighted by Crippen LogP contribution is 2.15. The van der Waals surface area contributed by atoms with E-state index in [1.807, 2.05) is 0 Å². The Morgan fingerprint density at radius 1 is 1.35 bits per heavy atom. The highest BCUT2D eigenvalue weighted by Gasteiger charge is 2.21. The maximum atomic E-state index is 12.1. The number of aliphatic hydroxyl groups excluding tert-OH is 1. The van der Waals surface area contributed by atoms with Crippen LogP contribution in [0.4, 0.5) is 5.69 Å². The average Bonchev–Trinajstić information content (AvgIpc) is 2.38. The van der Waals surface area contributed by atoms with Crippen molar-refractivity contribution in [2.24, 2.45) is 0 Å². The number of sulfonamides is 1. The Morgan fingerprint density at radius 2 is 1.95 bits per heavy atom. The zero-order valence-electron chi connectivity index (χ0n) is 10.8. The molecule has 7 nitrogen and oxygen atoms in total. The van der Waals surface area contributed by atoms with Crippen molar-refractivity contribution in [3.8, 4) is 0 Å². The molecule has 1 rings (SSSR count). The molecule has 0 aromatic heterocycles. The Labute approximate surface area is 117 Å². The number of hydrogen-bond donors (Lipinski definition) is 1. The van der Waals surface area contributed by atoms with Crippen LogP contribution in [0.25, 0.3) is 0 Å². The monoisotopic (exact) mass is 300 g/mol. The molecule has 0 amide bonds. The number of benzene rings is 1. The smallest absolute Gasteiger partial charge is 0.269 e. The van der Waals surface area contributed by atoms with Crippen molar-refractivity contribution in [2.45, 2.75) is 5.75 Å². The lowest BCUT2D eigenvalue weighted by atomic mass is 10.2. The third-order valence-corrected chi connectivity index (χ3v) is 4.39. The van der Waals surface area contributed by atoms with E-state index in [4.69, 9.17) is 5.11 Å². The predicted octanol–water partition coefficient (Wildman–Crippen LogP) is 0.905. The molecule has 110 valence electrons. The van der Waals surface area contributed by atoms with Crippen molar-refractivity contribution in [1.82, 2.24) is 4.31 Å². The van der Waals surface area contributed by atoms with E-state index in [0.29, 0.717) is 5.56 Å². The predicted molar refractivity (Wildman–Crippen MR) is 74.6 cm³/mol. The van der Waals surface area contributed by atoms with Crippen LogP contribution in [0.1, 0.15) is 5.56 Å². The van der Waals surface area contributed by atoms with Gasteiger partial charge in [0.05, 0.1) is 17.3 Å². The van der Waals surface area contributed by atoms with Gasteiger partial charge >= 0.3 is 0 Å². The third-order valence-electron chi connectivity index (χ3n) is 2.57. The molecule has 1 aromatic carbocycles. The van der Waals surface area contributed by atoms with Gasteiger partial charge in [-0.25, -0.2) is 8.42 Å². The first kappa shape index (κ1) is 16.3. The molecule has 0 atom stereocenters. The second-order valence-electron chi connectivity index (χ2n) is 4.05. The quantitative estimate of drug-likeness (QED) is 0.437. The Balaban J connectivity index is 2.88. The molecule has 1 aromatic rings. The van der Waals surface area contributed by atoms with Crippen LogP contribution < -0.4 is 0 Å². The maximum Gasteiger partial charge on any atom is 0.269 e. The number of hydrogen-bond acceptors (Lipinski definition) is 5. The van der Waals surface area contributed by atoms with Gasteiger partial charge < -0.3 is 5.11 Å². The molecule has 0 aliphatic rings. The molecule has 0 bridgehead atoms. The maximum absolute atomic E-state index is 12.1. The van der Waals surface area contributed by atoms with Crippen LogP contribution in [-0.2, 0) is 15.8 Å². The lowest BCUT2D eigenvalue weighted by molar-refractivity contribution is -0.384. The van der Waals surface area contributed by atoms with Crippen LogP contribution in [0.15, 0.2) is 36.9 Å². The number of nitrogens with zero attached hydrogens (tertiary/aromatic N) is 2. The molecule has 0 radical (unpaired) electrons. The molecule has 0 fully saturated rings. The van der Waals surface area contributed by atoms with E-state index in [9.17, 15) is 18.5 Å². The minimum Gasteiger partial charge on any atom is -0.395 e. The van der Waals surface area contributed by atoms with Gasteiger partial charge in [-0.15, -0.1) is 6.58 Å². The first-order valence-electron chi connectivity index (χ1n) is 5.83. The molecule has 20 heavy (non-hydrogen) atoms. The number of nitro groups is 1. The Kier molecular flexibility index (Phi) is 5.81. The van der Waals surface area contributed by atoms with E-state index in [1.165, 1.54) is 30.3 Å². The minimum absolute atomic E-state index is 0.0126. The largest absolute Gasteiger partial charge is 0.395 e. The number of rotatable bonds is 8. The molecule has 0 aliphatic carbocycles. The third kappa shape index (κ3) is 4.41. The molecular formula is C12H16N2O5S. The number of aliphatic hydroxyl groups is 1. The number of nitro benzene ring substituents is 1. The van der Waals surface area contributed by atoms with Crippen LogP contribution in [0.2, 0.25) is 0 Å². The van der Waals surface area contributed by atoms with Crippen molar-refractivity contribution in [3.63, 3.8) is 0 Å². The summed E-state index contributed by atoms with van der Waals surface area (Å²) in [5.74, 6) is -0.279. The van der Waals surface area contributed by atoms with Gasteiger partial charge in [0.1, 0.15) is 0 Å². The Morgan fingerprint density at radius 3 is 2.40 bits per heavy atom. The molecule has 1 N–H and O–H groups in total. The summed E-state index contributed by atoms with van der Waals surface area (Å²) in [4.78, 5) is 9.97. The highest BCUT2D eigenvalue weighted by molar-refractivity contribution is 7.88. The standard InChI is InChI=1S/C12H16N2O5S/c1-2-7-13(8-9-15)20(18,19)10-11-3-5-12(6-4-11)14(16)17/h2-6,15H,1,7-10H2. The van der Waals surface area contributed by atoms with Crippen molar-refractivity contribution >= 4 is 15.7 Å². The van der Waals surface area contributed by atoms with Crippen molar-refractivity contribution < 1.29 is 18.4 Å². The summed E-state index contributed by atoms with van der Waals surface area (Å²) in [7, 11) is -3.60. The fourth-order valence-electron chi connectivity index (χ4n) is 1.62. The van der Waals surface area contributed by atoms with Gasteiger partial charge in [-0.2, -0.15) is 4.31 Å². The second kappa shape index (κ2) is 7.13. The van der Waals surface area contributed by atoms with Crippen LogP contribution >= 0.6 is 0 Å². The van der Waals surface area contributed by atoms with Crippen LogP contribution in [0.5, 0.6) is 0 Å². The summed E-state index contributed by atoms with van der Waals surface area (Å²) in [6.45, 7) is 3.28. The van der Waals surface area contributed by atoms with Gasteiger partial charge in [0.2, 0.25) is 10.0 Å². The lowest BCUT2D eigenvalue weighted by Gasteiger charge is -2.19. The first-order valence-corrected chi connectivity index (χ1v) is 7.44. The van der Waals surface area contributed by atoms with Crippen molar-refractivity contribution in [1.29, 1.82) is 0 Å². The summed E-state index contributed by atoms with van der Waals surface area (Å²) in [6.07, 6.45) is 1.43. The molecule has 0 saturated carbocycles. The second-order valence-corrected chi connectivity index (χ2v) is 6.02.